The van der Waals surface area contributed by atoms with Crippen LogP contribution >= 0.6 is 15.9 Å². The number of nitrogens with zero attached hydrogens (tertiary/aromatic N) is 2. The van der Waals surface area contributed by atoms with E-state index in [9.17, 15) is 14.7 Å². The molecule has 3 N–H and O–H groups in total. The highest BCUT2D eigenvalue weighted by atomic mass is 79.9. The van der Waals surface area contributed by atoms with Gasteiger partial charge in [-0.2, -0.15) is 0 Å². The van der Waals surface area contributed by atoms with Gasteiger partial charge in [0.25, 0.3) is 5.91 Å². The van der Waals surface area contributed by atoms with E-state index in [0.29, 0.717) is 24.2 Å². The normalized spacial score (nSPS) is 14.3. The van der Waals surface area contributed by atoms with Crippen LogP contribution in [0.5, 0.6) is 5.75 Å². The number of piperidine rings is 1. The number of carbonyl (C=O) groups excluding carboxylic acids is 2. The summed E-state index contributed by atoms with van der Waals surface area (Å²) in [6.45, 7) is 2.22. The molecule has 0 unspecified atom stereocenters. The van der Waals surface area contributed by atoms with E-state index < -0.39 is 0 Å². The second-order valence-corrected chi connectivity index (χ2v) is 8.75. The second kappa shape index (κ2) is 9.99. The zero-order valence-electron chi connectivity index (χ0n) is 17.6. The number of amides is 2. The van der Waals surface area contributed by atoms with Crippen LogP contribution in [-0.4, -0.2) is 48.1 Å². The van der Waals surface area contributed by atoms with Gasteiger partial charge >= 0.3 is 0 Å². The van der Waals surface area contributed by atoms with Crippen LogP contribution in [0.3, 0.4) is 0 Å². The van der Waals surface area contributed by atoms with E-state index in [0.717, 1.165) is 41.6 Å². The van der Waals surface area contributed by atoms with Crippen molar-refractivity contribution < 1.29 is 14.7 Å². The van der Waals surface area contributed by atoms with Crippen LogP contribution in [0.1, 0.15) is 23.2 Å². The molecule has 0 spiro atoms. The summed E-state index contributed by atoms with van der Waals surface area (Å²) in [6.07, 6.45) is 1.47. The van der Waals surface area contributed by atoms with Gasteiger partial charge in [-0.15, -0.1) is 0 Å². The fourth-order valence-electron chi connectivity index (χ4n) is 3.91. The molecule has 1 saturated heterocycles. The van der Waals surface area contributed by atoms with E-state index in [2.05, 4.69) is 36.4 Å². The van der Waals surface area contributed by atoms with Crippen molar-refractivity contribution in [2.45, 2.75) is 12.8 Å². The predicted octanol–water partition coefficient (Wildman–Crippen LogP) is 3.47. The van der Waals surface area contributed by atoms with Gasteiger partial charge in [0.15, 0.2) is 0 Å². The zero-order chi connectivity index (χ0) is 22.5. The maximum atomic E-state index is 12.5. The summed E-state index contributed by atoms with van der Waals surface area (Å²) in [6, 6.07) is 16.4. The van der Waals surface area contributed by atoms with E-state index in [4.69, 9.17) is 0 Å². The molecule has 1 aliphatic heterocycles. The lowest BCUT2D eigenvalue weighted by Crippen LogP contribution is -2.42. The van der Waals surface area contributed by atoms with Crippen LogP contribution < -0.4 is 15.5 Å². The molecule has 8 heteroatoms. The minimum atomic E-state index is -0.164. The highest BCUT2D eigenvalue weighted by Gasteiger charge is 2.25. The van der Waals surface area contributed by atoms with Crippen molar-refractivity contribution in [2.24, 2.45) is 5.92 Å². The molecule has 1 aliphatic rings. The van der Waals surface area contributed by atoms with Crippen LogP contribution in [-0.2, 0) is 4.79 Å². The summed E-state index contributed by atoms with van der Waals surface area (Å²) in [5.41, 5.74) is 1.17. The lowest BCUT2D eigenvalue weighted by Gasteiger charge is -2.32. The summed E-state index contributed by atoms with van der Waals surface area (Å²) in [5, 5.41) is 16.7. The first kappa shape index (κ1) is 22.1. The van der Waals surface area contributed by atoms with Gasteiger partial charge < -0.3 is 20.6 Å². The minimum Gasteiger partial charge on any atom is -0.506 e. The monoisotopic (exact) mass is 496 g/mol. The number of benzene rings is 2. The molecule has 166 valence electrons. The van der Waals surface area contributed by atoms with Gasteiger partial charge in [0.1, 0.15) is 17.1 Å². The van der Waals surface area contributed by atoms with Crippen LogP contribution in [0.2, 0.25) is 0 Å². The Balaban J connectivity index is 1.22. The van der Waals surface area contributed by atoms with E-state index in [-0.39, 0.29) is 23.5 Å². The van der Waals surface area contributed by atoms with Gasteiger partial charge in [-0.3, -0.25) is 9.59 Å². The Kier molecular flexibility index (Phi) is 6.90. The number of nitrogens with one attached hydrogen (secondary N) is 2. The van der Waals surface area contributed by atoms with Gasteiger partial charge in [0.05, 0.1) is 0 Å². The Bertz CT molecular complexity index is 1130. The zero-order valence-corrected chi connectivity index (χ0v) is 19.1. The Hall–Kier alpha value is -3.13. The molecule has 32 heavy (non-hydrogen) atoms. The van der Waals surface area contributed by atoms with Gasteiger partial charge in [-0.05, 0) is 49.2 Å². The van der Waals surface area contributed by atoms with Crippen LogP contribution in [0, 0.1) is 5.92 Å². The summed E-state index contributed by atoms with van der Waals surface area (Å²) in [7, 11) is 0. The van der Waals surface area contributed by atoms with E-state index in [1.807, 2.05) is 30.3 Å². The molecule has 2 amide bonds. The number of phenolic OH excluding ortho intramolecular Hbond substituents is 1. The number of aromatic hydroxyl groups is 1. The van der Waals surface area contributed by atoms with Gasteiger partial charge in [-0.25, -0.2) is 4.98 Å². The molecule has 0 bridgehead atoms. The van der Waals surface area contributed by atoms with Crippen molar-refractivity contribution in [1.82, 2.24) is 15.6 Å². The summed E-state index contributed by atoms with van der Waals surface area (Å²) in [5.74, 6) is 0.785. The number of carbonyl (C=O) groups is 2. The Morgan fingerprint density at radius 2 is 1.78 bits per heavy atom. The fourth-order valence-corrected chi connectivity index (χ4v) is 4.31. The van der Waals surface area contributed by atoms with Crippen molar-refractivity contribution >= 4 is 44.5 Å². The number of hydrogen-bond acceptors (Lipinski definition) is 5. The number of halogens is 1. The van der Waals surface area contributed by atoms with Gasteiger partial charge in [0.2, 0.25) is 5.91 Å². The third-order valence-electron chi connectivity index (χ3n) is 5.67. The molecule has 0 aliphatic carbocycles. The van der Waals surface area contributed by atoms with Crippen LogP contribution in [0.4, 0.5) is 5.82 Å². The number of phenols is 1. The van der Waals surface area contributed by atoms with E-state index >= 15 is 0 Å². The SMILES string of the molecule is O=C(NCCNC(=O)C1CCN(c2ccc3cccc(O)c3n2)CC1)c1cccc(Br)c1. The quantitative estimate of drug-likeness (QED) is 0.454. The lowest BCUT2D eigenvalue weighted by molar-refractivity contribution is -0.125. The van der Waals surface area contributed by atoms with Crippen molar-refractivity contribution in [3.05, 3.63) is 64.6 Å². The topological polar surface area (TPSA) is 94.6 Å². The largest absolute Gasteiger partial charge is 0.506 e. The molecular weight excluding hydrogens is 472 g/mol. The summed E-state index contributed by atoms with van der Waals surface area (Å²) >= 11 is 3.35. The molecule has 7 nitrogen and oxygen atoms in total. The Morgan fingerprint density at radius 1 is 1.03 bits per heavy atom. The Labute approximate surface area is 195 Å². The third-order valence-corrected chi connectivity index (χ3v) is 6.16. The number of hydrogen-bond donors (Lipinski definition) is 3. The lowest BCUT2D eigenvalue weighted by atomic mass is 9.96. The number of para-hydroxylation sites is 1. The molecule has 1 fully saturated rings. The van der Waals surface area contributed by atoms with Crippen LogP contribution in [0.15, 0.2) is 59.1 Å². The van der Waals surface area contributed by atoms with Crippen molar-refractivity contribution in [1.29, 1.82) is 0 Å². The molecule has 0 saturated carbocycles. The minimum absolute atomic E-state index is 0.0190. The number of fused-ring (bicyclic) bond motifs is 1. The van der Waals surface area contributed by atoms with E-state index in [1.54, 1.807) is 24.3 Å². The highest BCUT2D eigenvalue weighted by molar-refractivity contribution is 9.10. The average molecular weight is 497 g/mol. The maximum Gasteiger partial charge on any atom is 0.251 e. The van der Waals surface area contributed by atoms with Crippen LogP contribution in [0.25, 0.3) is 10.9 Å². The van der Waals surface area contributed by atoms with Crippen molar-refractivity contribution in [3.8, 4) is 5.75 Å². The molecule has 4 rings (SSSR count). The number of rotatable bonds is 6. The molecule has 2 heterocycles. The predicted molar refractivity (Wildman–Crippen MR) is 128 cm³/mol. The Morgan fingerprint density at radius 3 is 2.56 bits per heavy atom. The first-order valence-corrected chi connectivity index (χ1v) is 11.5. The number of aromatic nitrogens is 1. The van der Waals surface area contributed by atoms with Gasteiger partial charge in [-0.1, -0.05) is 34.1 Å². The first-order chi connectivity index (χ1) is 15.5. The summed E-state index contributed by atoms with van der Waals surface area (Å²) < 4.78 is 0.848. The van der Waals surface area contributed by atoms with Crippen molar-refractivity contribution in [2.75, 3.05) is 31.1 Å². The fraction of sp³-hybridized carbons (Fsp3) is 0.292. The molecule has 0 atom stereocenters. The van der Waals surface area contributed by atoms with E-state index in [1.165, 1.54) is 0 Å². The maximum absolute atomic E-state index is 12.5. The standard InChI is InChI=1S/C24H25BrN4O3/c25-19-5-1-4-18(15-19)24(32)27-12-11-26-23(31)17-9-13-29(14-10-17)21-8-7-16-3-2-6-20(30)22(16)28-21/h1-8,15,17,30H,9-14H2,(H,26,31)(H,27,32). The molecule has 1 aromatic heterocycles. The molecular formula is C24H25BrN4O3. The summed E-state index contributed by atoms with van der Waals surface area (Å²) in [4.78, 5) is 31.4. The molecule has 3 aromatic rings. The van der Waals surface area contributed by atoms with Crippen molar-refractivity contribution in [3.63, 3.8) is 0 Å². The van der Waals surface area contributed by atoms with Gasteiger partial charge in [0, 0.05) is 47.5 Å². The second-order valence-electron chi connectivity index (χ2n) is 7.84. The first-order valence-electron chi connectivity index (χ1n) is 10.7. The number of pyridine rings is 1. The number of anilines is 1. The molecule has 0 radical (unpaired) electrons. The highest BCUT2D eigenvalue weighted by Crippen LogP contribution is 2.27. The smallest absolute Gasteiger partial charge is 0.251 e. The molecule has 2 aromatic carbocycles. The third kappa shape index (κ3) is 5.19. The average Bonchev–Trinajstić information content (AvgIpc) is 2.82.